The lowest BCUT2D eigenvalue weighted by Crippen LogP contribution is -2.26. The van der Waals surface area contributed by atoms with Crippen LogP contribution in [0.1, 0.15) is 32.8 Å². The summed E-state index contributed by atoms with van der Waals surface area (Å²) < 4.78 is 5.17. The van der Waals surface area contributed by atoms with Crippen LogP contribution in [0, 0.1) is 5.41 Å². The van der Waals surface area contributed by atoms with Crippen LogP contribution in [0.5, 0.6) is 0 Å². The van der Waals surface area contributed by atoms with Gasteiger partial charge in [0.25, 0.3) is 0 Å². The fourth-order valence-electron chi connectivity index (χ4n) is 2.01. The van der Waals surface area contributed by atoms with Crippen molar-refractivity contribution >= 4 is 34.7 Å². The molecule has 118 valence electrons. The van der Waals surface area contributed by atoms with Crippen LogP contribution in [0.25, 0.3) is 0 Å². The average Bonchev–Trinajstić information content (AvgIpc) is 2.43. The van der Waals surface area contributed by atoms with Crippen molar-refractivity contribution in [3.8, 4) is 0 Å². The molecule has 0 saturated heterocycles. The van der Waals surface area contributed by atoms with Crippen LogP contribution in [0.2, 0.25) is 0 Å². The lowest BCUT2D eigenvalue weighted by molar-refractivity contribution is 0.157. The Labute approximate surface area is 138 Å². The minimum atomic E-state index is 0.150. The molecule has 0 atom stereocenters. The van der Waals surface area contributed by atoms with Gasteiger partial charge in [-0.2, -0.15) is 0 Å². The quantitative estimate of drug-likeness (QED) is 0.532. The fourth-order valence-corrected chi connectivity index (χ4v) is 3.14. The van der Waals surface area contributed by atoms with Crippen LogP contribution < -0.4 is 11.1 Å². The van der Waals surface area contributed by atoms with Gasteiger partial charge in [0, 0.05) is 36.4 Å². The molecule has 0 bridgehead atoms. The molecular formula is C16H26N2OS2. The van der Waals surface area contributed by atoms with Gasteiger partial charge in [0.05, 0.1) is 0 Å². The molecule has 1 aromatic rings. The zero-order valence-corrected chi connectivity index (χ0v) is 15.0. The molecule has 3 nitrogen and oxygen atoms in total. The number of nitrogens with two attached hydrogens (primary N) is 1. The van der Waals surface area contributed by atoms with E-state index in [2.05, 4.69) is 32.2 Å². The third-order valence-corrected chi connectivity index (χ3v) is 4.46. The van der Waals surface area contributed by atoms with E-state index in [0.29, 0.717) is 4.99 Å². The van der Waals surface area contributed by atoms with E-state index in [1.54, 1.807) is 18.9 Å². The lowest BCUT2D eigenvalue weighted by Gasteiger charge is -2.26. The SMILES string of the molecule is CCSc1cccc(NCC(C)(C)CCOC)c1C(N)=S. The summed E-state index contributed by atoms with van der Waals surface area (Å²) in [5.74, 6) is 0.998. The van der Waals surface area contributed by atoms with Crippen molar-refractivity contribution in [3.05, 3.63) is 23.8 Å². The van der Waals surface area contributed by atoms with E-state index in [1.807, 2.05) is 12.1 Å². The lowest BCUT2D eigenvalue weighted by atomic mass is 9.89. The molecule has 0 amide bonds. The number of benzene rings is 1. The predicted molar refractivity (Wildman–Crippen MR) is 97.5 cm³/mol. The first kappa shape index (κ1) is 18.3. The van der Waals surface area contributed by atoms with Gasteiger partial charge in [0.1, 0.15) is 4.99 Å². The van der Waals surface area contributed by atoms with Gasteiger partial charge in [-0.05, 0) is 29.7 Å². The molecule has 1 aromatic carbocycles. The fraction of sp³-hybridized carbons (Fsp3) is 0.562. The Kier molecular flexibility index (Phi) is 7.49. The summed E-state index contributed by atoms with van der Waals surface area (Å²) in [5.41, 5.74) is 8.05. The Morgan fingerprint density at radius 1 is 1.43 bits per heavy atom. The van der Waals surface area contributed by atoms with Crippen molar-refractivity contribution in [2.24, 2.45) is 11.1 Å². The smallest absolute Gasteiger partial charge is 0.107 e. The Morgan fingerprint density at radius 3 is 2.71 bits per heavy atom. The van der Waals surface area contributed by atoms with E-state index < -0.39 is 0 Å². The number of thiocarbonyl (C=S) groups is 1. The number of anilines is 1. The number of methoxy groups -OCH3 is 1. The van der Waals surface area contributed by atoms with E-state index in [1.165, 1.54) is 0 Å². The van der Waals surface area contributed by atoms with Gasteiger partial charge < -0.3 is 15.8 Å². The summed E-state index contributed by atoms with van der Waals surface area (Å²) in [6.07, 6.45) is 1.00. The van der Waals surface area contributed by atoms with E-state index >= 15 is 0 Å². The van der Waals surface area contributed by atoms with Crippen molar-refractivity contribution in [1.82, 2.24) is 0 Å². The monoisotopic (exact) mass is 326 g/mol. The molecule has 3 N–H and O–H groups in total. The van der Waals surface area contributed by atoms with Gasteiger partial charge in [-0.3, -0.25) is 0 Å². The molecule has 0 heterocycles. The van der Waals surface area contributed by atoms with E-state index in [-0.39, 0.29) is 5.41 Å². The highest BCUT2D eigenvalue weighted by atomic mass is 32.2. The van der Waals surface area contributed by atoms with Crippen molar-refractivity contribution < 1.29 is 4.74 Å². The molecule has 0 aromatic heterocycles. The first-order valence-corrected chi connectivity index (χ1v) is 8.59. The highest BCUT2D eigenvalue weighted by Crippen LogP contribution is 2.30. The third-order valence-electron chi connectivity index (χ3n) is 3.31. The van der Waals surface area contributed by atoms with Crippen LogP contribution in [-0.4, -0.2) is 31.0 Å². The van der Waals surface area contributed by atoms with Gasteiger partial charge in [-0.1, -0.05) is 39.1 Å². The minimum absolute atomic E-state index is 0.150. The second-order valence-corrected chi connectivity index (χ2v) is 7.48. The topological polar surface area (TPSA) is 47.3 Å². The molecule has 0 aliphatic rings. The molecule has 1 rings (SSSR count). The molecule has 0 fully saturated rings. The molecule has 0 spiro atoms. The van der Waals surface area contributed by atoms with Crippen LogP contribution in [0.4, 0.5) is 5.69 Å². The Morgan fingerprint density at radius 2 is 2.14 bits per heavy atom. The molecule has 21 heavy (non-hydrogen) atoms. The highest BCUT2D eigenvalue weighted by molar-refractivity contribution is 7.99. The molecule has 0 aliphatic heterocycles. The largest absolute Gasteiger partial charge is 0.389 e. The molecule has 0 radical (unpaired) electrons. The van der Waals surface area contributed by atoms with Gasteiger partial charge in [0.15, 0.2) is 0 Å². The van der Waals surface area contributed by atoms with Gasteiger partial charge in [-0.15, -0.1) is 11.8 Å². The summed E-state index contributed by atoms with van der Waals surface area (Å²) in [6, 6.07) is 6.16. The number of nitrogens with one attached hydrogen (secondary N) is 1. The summed E-state index contributed by atoms with van der Waals surface area (Å²) >= 11 is 7.00. The molecule has 0 unspecified atom stereocenters. The van der Waals surface area contributed by atoms with Crippen molar-refractivity contribution in [2.75, 3.05) is 31.3 Å². The molecule has 5 heteroatoms. The highest BCUT2D eigenvalue weighted by Gasteiger charge is 2.19. The molecule has 0 aliphatic carbocycles. The summed E-state index contributed by atoms with van der Waals surface area (Å²) in [5, 5.41) is 3.51. The van der Waals surface area contributed by atoms with Crippen LogP contribution in [0.3, 0.4) is 0 Å². The summed E-state index contributed by atoms with van der Waals surface area (Å²) in [7, 11) is 1.74. The van der Waals surface area contributed by atoms with Crippen LogP contribution >= 0.6 is 24.0 Å². The van der Waals surface area contributed by atoms with Gasteiger partial charge >= 0.3 is 0 Å². The second-order valence-electron chi connectivity index (χ2n) is 5.74. The number of thioether (sulfide) groups is 1. The van der Waals surface area contributed by atoms with Crippen molar-refractivity contribution in [3.63, 3.8) is 0 Å². The van der Waals surface area contributed by atoms with Crippen molar-refractivity contribution in [1.29, 1.82) is 0 Å². The van der Waals surface area contributed by atoms with E-state index in [9.17, 15) is 0 Å². The first-order valence-electron chi connectivity index (χ1n) is 7.19. The maximum absolute atomic E-state index is 5.92. The minimum Gasteiger partial charge on any atom is -0.389 e. The number of hydrogen-bond acceptors (Lipinski definition) is 4. The number of hydrogen-bond donors (Lipinski definition) is 2. The summed E-state index contributed by atoms with van der Waals surface area (Å²) in [4.78, 5) is 1.59. The third kappa shape index (κ3) is 5.85. The van der Waals surface area contributed by atoms with Gasteiger partial charge in [-0.25, -0.2) is 0 Å². The number of rotatable bonds is 9. The Balaban J connectivity index is 2.88. The van der Waals surface area contributed by atoms with Crippen LogP contribution in [-0.2, 0) is 4.74 Å². The standard InChI is InChI=1S/C16H26N2OS2/c1-5-21-13-8-6-7-12(14(13)15(17)20)18-11-16(2,3)9-10-19-4/h6-8,18H,5,9-11H2,1-4H3,(H2,17,20). The Hall–Kier alpha value is -0.780. The maximum Gasteiger partial charge on any atom is 0.107 e. The maximum atomic E-state index is 5.92. The first-order chi connectivity index (χ1) is 9.91. The zero-order valence-electron chi connectivity index (χ0n) is 13.4. The van der Waals surface area contributed by atoms with Crippen molar-refractivity contribution in [2.45, 2.75) is 32.1 Å². The second kappa shape index (κ2) is 8.61. The van der Waals surface area contributed by atoms with Crippen LogP contribution in [0.15, 0.2) is 23.1 Å². The normalized spacial score (nSPS) is 11.4. The molecular weight excluding hydrogens is 300 g/mol. The van der Waals surface area contributed by atoms with E-state index in [0.717, 1.165) is 41.5 Å². The molecule has 0 saturated carbocycles. The number of ether oxygens (including phenoxy) is 1. The Bertz CT molecular complexity index is 475. The summed E-state index contributed by atoms with van der Waals surface area (Å²) in [6.45, 7) is 8.20. The van der Waals surface area contributed by atoms with Gasteiger partial charge in [0.2, 0.25) is 0 Å². The zero-order chi connectivity index (χ0) is 15.9. The average molecular weight is 327 g/mol. The predicted octanol–water partition coefficient (Wildman–Crippen LogP) is 3.91. The van der Waals surface area contributed by atoms with E-state index in [4.69, 9.17) is 22.7 Å².